The molecular weight excluding hydrogens is 378 g/mol. The number of carbonyl (C=O) groups excluding carboxylic acids is 1. The van der Waals surface area contributed by atoms with Crippen molar-refractivity contribution in [3.63, 3.8) is 0 Å². The van der Waals surface area contributed by atoms with Crippen molar-refractivity contribution in [1.82, 2.24) is 0 Å². The van der Waals surface area contributed by atoms with Gasteiger partial charge in [0, 0.05) is 19.1 Å². The Bertz CT molecular complexity index is 824. The van der Waals surface area contributed by atoms with Crippen LogP contribution in [0.5, 0.6) is 11.5 Å². The lowest BCUT2D eigenvalue weighted by atomic mass is 9.96. The SMILES string of the molecule is CC(=O)OC1c2cc3c(cc2CC[N+]1([O-])CCCCCS(=O)(=O)[O-])OCO3. The van der Waals surface area contributed by atoms with Gasteiger partial charge in [0.2, 0.25) is 6.79 Å². The molecule has 1 aromatic carbocycles. The summed E-state index contributed by atoms with van der Waals surface area (Å²) in [7, 11) is -4.25. The number of esters is 1. The van der Waals surface area contributed by atoms with E-state index in [4.69, 9.17) is 14.2 Å². The maximum atomic E-state index is 13.4. The first-order chi connectivity index (χ1) is 12.7. The van der Waals surface area contributed by atoms with Crippen LogP contribution in [0.4, 0.5) is 0 Å². The summed E-state index contributed by atoms with van der Waals surface area (Å²) in [6, 6.07) is 3.51. The Morgan fingerprint density at radius 3 is 2.63 bits per heavy atom. The third-order valence-corrected chi connectivity index (χ3v) is 5.58. The maximum Gasteiger partial charge on any atom is 0.307 e. The molecule has 0 aromatic heterocycles. The normalized spacial score (nSPS) is 23.7. The third-order valence-electron chi connectivity index (χ3n) is 4.80. The van der Waals surface area contributed by atoms with Gasteiger partial charge in [0.05, 0.1) is 28.8 Å². The molecule has 10 heteroatoms. The molecule has 2 atom stereocenters. The van der Waals surface area contributed by atoms with Crippen molar-refractivity contribution in [3.05, 3.63) is 28.5 Å². The highest BCUT2D eigenvalue weighted by Gasteiger charge is 2.39. The van der Waals surface area contributed by atoms with Crippen LogP contribution in [0.1, 0.15) is 43.5 Å². The van der Waals surface area contributed by atoms with Crippen LogP contribution in [0.2, 0.25) is 0 Å². The minimum absolute atomic E-state index is 0.108. The van der Waals surface area contributed by atoms with Crippen LogP contribution in [0.3, 0.4) is 0 Å². The molecule has 9 nitrogen and oxygen atoms in total. The summed E-state index contributed by atoms with van der Waals surface area (Å²) >= 11 is 0. The summed E-state index contributed by atoms with van der Waals surface area (Å²) in [5, 5.41) is 13.4. The number of hydroxylamine groups is 3. The Labute approximate surface area is 157 Å². The number of fused-ring (bicyclic) bond motifs is 2. The highest BCUT2D eigenvalue weighted by atomic mass is 32.2. The molecule has 2 unspecified atom stereocenters. The second kappa shape index (κ2) is 7.63. The molecule has 0 bridgehead atoms. The van der Waals surface area contributed by atoms with Gasteiger partial charge in [-0.25, -0.2) is 8.42 Å². The fourth-order valence-electron chi connectivity index (χ4n) is 3.51. The summed E-state index contributed by atoms with van der Waals surface area (Å²) in [6.07, 6.45) is 0.562. The summed E-state index contributed by atoms with van der Waals surface area (Å²) in [5.74, 6) is 0.132. The quantitative estimate of drug-likeness (QED) is 0.222. The molecule has 2 aliphatic rings. The van der Waals surface area contributed by atoms with Crippen LogP contribution < -0.4 is 9.47 Å². The second-order valence-electron chi connectivity index (χ2n) is 6.84. The molecule has 0 radical (unpaired) electrons. The van der Waals surface area contributed by atoms with Crippen molar-refractivity contribution in [3.8, 4) is 11.5 Å². The van der Waals surface area contributed by atoms with Gasteiger partial charge in [0.25, 0.3) is 6.23 Å². The van der Waals surface area contributed by atoms with Crippen molar-refractivity contribution >= 4 is 16.1 Å². The van der Waals surface area contributed by atoms with E-state index in [0.29, 0.717) is 36.3 Å². The highest BCUT2D eigenvalue weighted by molar-refractivity contribution is 7.85. The molecule has 1 aromatic rings. The zero-order chi connectivity index (χ0) is 19.7. The predicted molar refractivity (Wildman–Crippen MR) is 92.6 cm³/mol. The van der Waals surface area contributed by atoms with E-state index in [1.54, 1.807) is 6.07 Å². The molecule has 150 valence electrons. The number of hydrogen-bond donors (Lipinski definition) is 0. The van der Waals surface area contributed by atoms with E-state index in [1.807, 2.05) is 6.07 Å². The first-order valence-electron chi connectivity index (χ1n) is 8.79. The van der Waals surface area contributed by atoms with Gasteiger partial charge in [-0.15, -0.1) is 0 Å². The molecule has 0 saturated carbocycles. The topological polar surface area (TPSA) is 125 Å². The monoisotopic (exact) mass is 400 g/mol. The van der Waals surface area contributed by atoms with Gasteiger partial charge in [-0.1, -0.05) is 0 Å². The molecule has 0 fully saturated rings. The van der Waals surface area contributed by atoms with Crippen LogP contribution in [0.25, 0.3) is 0 Å². The fourth-order valence-corrected chi connectivity index (χ4v) is 4.07. The lowest BCUT2D eigenvalue weighted by molar-refractivity contribution is -0.934. The highest BCUT2D eigenvalue weighted by Crippen LogP contribution is 2.43. The zero-order valence-electron chi connectivity index (χ0n) is 15.0. The third kappa shape index (κ3) is 4.70. The van der Waals surface area contributed by atoms with Gasteiger partial charge in [-0.3, -0.25) is 4.79 Å². The van der Waals surface area contributed by atoms with Crippen LogP contribution >= 0.6 is 0 Å². The van der Waals surface area contributed by atoms with Gasteiger partial charge in [0.1, 0.15) is 0 Å². The van der Waals surface area contributed by atoms with Gasteiger partial charge >= 0.3 is 5.97 Å². The summed E-state index contributed by atoms with van der Waals surface area (Å²) in [6.45, 7) is 1.75. The van der Waals surface area contributed by atoms with Crippen molar-refractivity contribution in [2.24, 2.45) is 0 Å². The van der Waals surface area contributed by atoms with E-state index in [2.05, 4.69) is 0 Å². The van der Waals surface area contributed by atoms with Crippen LogP contribution in [0, 0.1) is 5.21 Å². The minimum atomic E-state index is -4.25. The molecule has 3 rings (SSSR count). The molecule has 2 heterocycles. The van der Waals surface area contributed by atoms with Gasteiger partial charge in [0.15, 0.2) is 11.5 Å². The second-order valence-corrected chi connectivity index (χ2v) is 8.36. The first-order valence-corrected chi connectivity index (χ1v) is 10.4. The number of ether oxygens (including phenoxy) is 3. The number of carbonyl (C=O) groups is 1. The Hall–Kier alpha value is -1.88. The average molecular weight is 400 g/mol. The van der Waals surface area contributed by atoms with Crippen LogP contribution in [0.15, 0.2) is 12.1 Å². The largest absolute Gasteiger partial charge is 0.748 e. The molecule has 2 aliphatic heterocycles. The van der Waals surface area contributed by atoms with E-state index >= 15 is 0 Å². The number of unbranched alkanes of at least 4 members (excludes halogenated alkanes) is 2. The van der Waals surface area contributed by atoms with Crippen LogP contribution in [-0.2, 0) is 26.1 Å². The van der Waals surface area contributed by atoms with Crippen molar-refractivity contribution in [1.29, 1.82) is 0 Å². The van der Waals surface area contributed by atoms with Crippen LogP contribution in [-0.4, -0.2) is 49.2 Å². The van der Waals surface area contributed by atoms with E-state index in [9.17, 15) is 23.0 Å². The molecule has 0 amide bonds. The molecule has 0 N–H and O–H groups in total. The smallest absolute Gasteiger partial charge is 0.307 e. The minimum Gasteiger partial charge on any atom is -0.748 e. The van der Waals surface area contributed by atoms with Crippen molar-refractivity contribution in [2.45, 2.75) is 38.8 Å². The summed E-state index contributed by atoms with van der Waals surface area (Å²) in [5.41, 5.74) is 1.49. The fraction of sp³-hybridized carbons (Fsp3) is 0.588. The lowest BCUT2D eigenvalue weighted by Gasteiger charge is -2.50. The summed E-state index contributed by atoms with van der Waals surface area (Å²) < 4.78 is 47.4. The van der Waals surface area contributed by atoms with Gasteiger partial charge in [-0.2, -0.15) is 0 Å². The van der Waals surface area contributed by atoms with Crippen molar-refractivity contribution in [2.75, 3.05) is 25.6 Å². The predicted octanol–water partition coefficient (Wildman–Crippen LogP) is 1.56. The molecular formula is C17H22NO8S-. The Kier molecular flexibility index (Phi) is 5.61. The number of quaternary nitrogens is 1. The van der Waals surface area contributed by atoms with Gasteiger partial charge in [-0.05, 0) is 37.0 Å². The lowest BCUT2D eigenvalue weighted by Crippen LogP contribution is -2.51. The zero-order valence-corrected chi connectivity index (χ0v) is 15.8. The van der Waals surface area contributed by atoms with E-state index in [1.165, 1.54) is 6.92 Å². The molecule has 27 heavy (non-hydrogen) atoms. The first kappa shape index (κ1) is 19.9. The molecule has 0 spiro atoms. The van der Waals surface area contributed by atoms with Crippen molar-refractivity contribution < 1.29 is 36.6 Å². The Morgan fingerprint density at radius 2 is 1.96 bits per heavy atom. The Balaban J connectivity index is 1.75. The molecule has 0 aliphatic carbocycles. The molecule has 0 saturated heterocycles. The van der Waals surface area contributed by atoms with E-state index in [-0.39, 0.29) is 26.3 Å². The number of benzene rings is 1. The standard InChI is InChI=1S/C17H23NO8S/c1-12(19)26-17-14-10-16-15(24-11-25-16)9-13(14)5-7-18(17,20)6-3-2-4-8-27(21,22)23/h9-10,17H,2-8,11H2,1H3,(H,21,22,23)/p-1. The van der Waals surface area contributed by atoms with E-state index in [0.717, 1.165) is 5.56 Å². The Morgan fingerprint density at radius 1 is 1.26 bits per heavy atom. The summed E-state index contributed by atoms with van der Waals surface area (Å²) in [4.78, 5) is 11.6. The number of hydrogen-bond acceptors (Lipinski definition) is 8. The number of nitrogens with zero attached hydrogens (tertiary/aromatic N) is 1. The van der Waals surface area contributed by atoms with Gasteiger partial charge < -0.3 is 28.6 Å². The number of rotatable bonds is 7. The van der Waals surface area contributed by atoms with E-state index < -0.39 is 32.7 Å². The average Bonchev–Trinajstić information content (AvgIpc) is 3.02. The maximum absolute atomic E-state index is 13.4.